The van der Waals surface area contributed by atoms with E-state index in [9.17, 15) is 4.39 Å². The average Bonchev–Trinajstić information content (AvgIpc) is 2.52. The van der Waals surface area contributed by atoms with Gasteiger partial charge < -0.3 is 4.74 Å². The van der Waals surface area contributed by atoms with Crippen molar-refractivity contribution in [2.45, 2.75) is 6.61 Å². The monoisotopic (exact) mass is 299 g/mol. The maximum absolute atomic E-state index is 13.9. The second kappa shape index (κ2) is 7.33. The SMILES string of the molecule is N#Cc1cccc(COc2cccc(C#CCCl)c2)c1F. The summed E-state index contributed by atoms with van der Waals surface area (Å²) >= 11 is 5.51. The third-order valence-corrected chi connectivity index (χ3v) is 2.86. The Hall–Kier alpha value is -2.49. The Morgan fingerprint density at radius 1 is 1.19 bits per heavy atom. The van der Waals surface area contributed by atoms with E-state index < -0.39 is 5.82 Å². The lowest BCUT2D eigenvalue weighted by Crippen LogP contribution is -2.00. The van der Waals surface area contributed by atoms with Gasteiger partial charge in [0.05, 0.1) is 11.4 Å². The lowest BCUT2D eigenvalue weighted by Gasteiger charge is -2.08. The number of hydrogen-bond donors (Lipinski definition) is 0. The van der Waals surface area contributed by atoms with E-state index >= 15 is 0 Å². The van der Waals surface area contributed by atoms with E-state index in [4.69, 9.17) is 21.6 Å². The van der Waals surface area contributed by atoms with Crippen molar-refractivity contribution in [2.75, 3.05) is 5.88 Å². The first-order valence-corrected chi connectivity index (χ1v) is 6.73. The van der Waals surface area contributed by atoms with Gasteiger partial charge in [-0.05, 0) is 24.3 Å². The number of hydrogen-bond acceptors (Lipinski definition) is 2. The molecule has 0 N–H and O–H groups in total. The molecule has 2 nitrogen and oxygen atoms in total. The molecule has 2 rings (SSSR count). The molecule has 0 amide bonds. The van der Waals surface area contributed by atoms with Gasteiger partial charge in [-0.1, -0.05) is 30.0 Å². The van der Waals surface area contributed by atoms with Crippen LogP contribution in [0.5, 0.6) is 5.75 Å². The summed E-state index contributed by atoms with van der Waals surface area (Å²) in [5.41, 5.74) is 1.13. The minimum absolute atomic E-state index is 0.0119. The number of alkyl halides is 1. The number of ether oxygens (including phenoxy) is 1. The van der Waals surface area contributed by atoms with Crippen LogP contribution in [0.2, 0.25) is 0 Å². The molecule has 2 aromatic rings. The van der Waals surface area contributed by atoms with Crippen LogP contribution in [-0.4, -0.2) is 5.88 Å². The number of nitriles is 1. The molecule has 0 saturated heterocycles. The lowest BCUT2D eigenvalue weighted by atomic mass is 10.1. The zero-order chi connectivity index (χ0) is 15.1. The third-order valence-electron chi connectivity index (χ3n) is 2.73. The summed E-state index contributed by atoms with van der Waals surface area (Å²) in [5, 5.41) is 8.79. The fraction of sp³-hybridized carbons (Fsp3) is 0.118. The Morgan fingerprint density at radius 3 is 2.76 bits per heavy atom. The van der Waals surface area contributed by atoms with Crippen LogP contribution in [0.1, 0.15) is 16.7 Å². The molecular formula is C17H11ClFNO. The maximum Gasteiger partial charge on any atom is 0.147 e. The molecule has 0 unspecified atom stereocenters. The van der Waals surface area contributed by atoms with Gasteiger partial charge in [0, 0.05) is 11.1 Å². The van der Waals surface area contributed by atoms with E-state index in [1.807, 2.05) is 6.07 Å². The molecule has 104 valence electrons. The van der Waals surface area contributed by atoms with Crippen LogP contribution in [0.15, 0.2) is 42.5 Å². The first-order valence-electron chi connectivity index (χ1n) is 6.20. The van der Waals surface area contributed by atoms with Crippen LogP contribution in [0, 0.1) is 29.0 Å². The Kier molecular flexibility index (Phi) is 5.21. The van der Waals surface area contributed by atoms with E-state index in [-0.39, 0.29) is 18.1 Å². The molecule has 0 aliphatic heterocycles. The predicted molar refractivity (Wildman–Crippen MR) is 79.5 cm³/mol. The summed E-state index contributed by atoms with van der Waals surface area (Å²) in [4.78, 5) is 0. The highest BCUT2D eigenvalue weighted by molar-refractivity contribution is 6.19. The molecule has 0 radical (unpaired) electrons. The molecule has 0 aliphatic carbocycles. The molecule has 0 fully saturated rings. The van der Waals surface area contributed by atoms with E-state index in [1.54, 1.807) is 36.4 Å². The van der Waals surface area contributed by atoms with Gasteiger partial charge in [-0.2, -0.15) is 5.26 Å². The molecule has 0 spiro atoms. The van der Waals surface area contributed by atoms with Crippen molar-refractivity contribution in [1.29, 1.82) is 5.26 Å². The van der Waals surface area contributed by atoms with Crippen LogP contribution in [0.4, 0.5) is 4.39 Å². The van der Waals surface area contributed by atoms with E-state index in [2.05, 4.69) is 11.8 Å². The van der Waals surface area contributed by atoms with Crippen LogP contribution in [0.25, 0.3) is 0 Å². The molecule has 21 heavy (non-hydrogen) atoms. The minimum atomic E-state index is -0.543. The second-order valence-electron chi connectivity index (χ2n) is 4.14. The Labute approximate surface area is 127 Å². The van der Waals surface area contributed by atoms with Gasteiger partial charge in [-0.15, -0.1) is 11.6 Å². The average molecular weight is 300 g/mol. The summed E-state index contributed by atoms with van der Waals surface area (Å²) < 4.78 is 19.4. The van der Waals surface area contributed by atoms with Gasteiger partial charge in [-0.3, -0.25) is 0 Å². The minimum Gasteiger partial charge on any atom is -0.489 e. The van der Waals surface area contributed by atoms with Crippen molar-refractivity contribution in [1.82, 2.24) is 0 Å². The highest BCUT2D eigenvalue weighted by Crippen LogP contribution is 2.17. The van der Waals surface area contributed by atoms with Crippen LogP contribution >= 0.6 is 11.6 Å². The van der Waals surface area contributed by atoms with Gasteiger partial charge in [0.25, 0.3) is 0 Å². The standard InChI is InChI=1S/C17H11ClFNO/c18-9-3-5-13-4-1-8-16(10-13)21-12-15-7-2-6-14(11-20)17(15)19/h1-2,4,6-8,10H,9,12H2. The van der Waals surface area contributed by atoms with Crippen LogP contribution in [0.3, 0.4) is 0 Å². The smallest absolute Gasteiger partial charge is 0.147 e. The molecule has 2 aromatic carbocycles. The Bertz CT molecular complexity index is 740. The highest BCUT2D eigenvalue weighted by Gasteiger charge is 2.08. The summed E-state index contributed by atoms with van der Waals surface area (Å²) in [6.45, 7) is 0.0493. The van der Waals surface area contributed by atoms with Crippen molar-refractivity contribution in [3.63, 3.8) is 0 Å². The zero-order valence-electron chi connectivity index (χ0n) is 11.1. The predicted octanol–water partition coefficient (Wildman–Crippen LogP) is 3.87. The summed E-state index contributed by atoms with van der Waals surface area (Å²) in [6, 6.07) is 13.6. The number of halogens is 2. The van der Waals surface area contributed by atoms with E-state index in [1.165, 1.54) is 6.07 Å². The Balaban J connectivity index is 2.12. The first-order chi connectivity index (χ1) is 10.2. The fourth-order valence-corrected chi connectivity index (χ4v) is 1.80. The van der Waals surface area contributed by atoms with E-state index in [0.717, 1.165) is 5.56 Å². The second-order valence-corrected chi connectivity index (χ2v) is 4.41. The maximum atomic E-state index is 13.9. The fourth-order valence-electron chi connectivity index (χ4n) is 1.74. The van der Waals surface area contributed by atoms with Crippen LogP contribution in [-0.2, 0) is 6.61 Å². The summed E-state index contributed by atoms with van der Waals surface area (Å²) in [6.07, 6.45) is 0. The molecule has 0 heterocycles. The third kappa shape index (κ3) is 3.99. The molecule has 0 aromatic heterocycles. The largest absolute Gasteiger partial charge is 0.489 e. The quantitative estimate of drug-likeness (QED) is 0.637. The number of rotatable bonds is 3. The first kappa shape index (κ1) is 14.9. The van der Waals surface area contributed by atoms with E-state index in [0.29, 0.717) is 11.3 Å². The molecule has 0 aliphatic rings. The topological polar surface area (TPSA) is 33.0 Å². The molecule has 0 bridgehead atoms. The molecule has 0 atom stereocenters. The lowest BCUT2D eigenvalue weighted by molar-refractivity contribution is 0.299. The van der Waals surface area contributed by atoms with Crippen molar-refractivity contribution in [3.05, 3.63) is 65.0 Å². The highest BCUT2D eigenvalue weighted by atomic mass is 35.5. The zero-order valence-corrected chi connectivity index (χ0v) is 11.8. The normalized spacial score (nSPS) is 9.38. The summed E-state index contributed by atoms with van der Waals surface area (Å²) in [5.74, 6) is 5.94. The Morgan fingerprint density at radius 2 is 2.00 bits per heavy atom. The molecular weight excluding hydrogens is 289 g/mol. The van der Waals surface area contributed by atoms with Crippen molar-refractivity contribution >= 4 is 11.6 Å². The van der Waals surface area contributed by atoms with Crippen molar-refractivity contribution in [3.8, 4) is 23.7 Å². The molecule has 4 heteroatoms. The van der Waals surface area contributed by atoms with Crippen LogP contribution < -0.4 is 4.74 Å². The number of benzene rings is 2. The molecule has 0 saturated carbocycles. The van der Waals surface area contributed by atoms with Crippen molar-refractivity contribution in [2.24, 2.45) is 0 Å². The number of nitrogens with zero attached hydrogens (tertiary/aromatic N) is 1. The van der Waals surface area contributed by atoms with Gasteiger partial charge >= 0.3 is 0 Å². The van der Waals surface area contributed by atoms with Gasteiger partial charge in [0.1, 0.15) is 24.2 Å². The van der Waals surface area contributed by atoms with Gasteiger partial charge in [0.15, 0.2) is 0 Å². The van der Waals surface area contributed by atoms with Gasteiger partial charge in [-0.25, -0.2) is 4.39 Å². The van der Waals surface area contributed by atoms with Crippen molar-refractivity contribution < 1.29 is 9.13 Å². The van der Waals surface area contributed by atoms with Gasteiger partial charge in [0.2, 0.25) is 0 Å². The summed E-state index contributed by atoms with van der Waals surface area (Å²) in [7, 11) is 0.